The van der Waals surface area contributed by atoms with Crippen LogP contribution in [0.4, 0.5) is 0 Å². The molecule has 0 spiro atoms. The van der Waals surface area contributed by atoms with Crippen molar-refractivity contribution in [1.29, 1.82) is 0 Å². The van der Waals surface area contributed by atoms with Gasteiger partial charge in [-0.25, -0.2) is 4.79 Å². The topological polar surface area (TPSA) is 54.0 Å². The van der Waals surface area contributed by atoms with E-state index in [1.54, 1.807) is 0 Å². The molecule has 1 aliphatic carbocycles. The van der Waals surface area contributed by atoms with Crippen molar-refractivity contribution in [2.24, 2.45) is 11.8 Å². The zero-order valence-electron chi connectivity index (χ0n) is 19.1. The first kappa shape index (κ1) is 23.0. The number of esters is 1. The molecule has 4 atom stereocenters. The Hall–Kier alpha value is -1.69. The number of benzene rings is 1. The normalized spacial score (nSPS) is 30.5. The zero-order valence-corrected chi connectivity index (χ0v) is 19.1. The number of hydrogen-bond acceptors (Lipinski definition) is 5. The molecule has 0 aromatic heterocycles. The Labute approximate surface area is 180 Å². The molecule has 0 bridgehead atoms. The van der Waals surface area contributed by atoms with Crippen LogP contribution in [0.1, 0.15) is 59.4 Å². The van der Waals surface area contributed by atoms with E-state index in [1.165, 1.54) is 7.11 Å². The monoisotopic (exact) mass is 416 g/mol. The van der Waals surface area contributed by atoms with Gasteiger partial charge in [-0.3, -0.25) is 0 Å². The molecule has 1 heterocycles. The van der Waals surface area contributed by atoms with E-state index < -0.39 is 11.4 Å². The Bertz CT molecular complexity index is 754. The van der Waals surface area contributed by atoms with E-state index in [9.17, 15) is 4.79 Å². The van der Waals surface area contributed by atoms with Crippen molar-refractivity contribution in [3.63, 3.8) is 0 Å². The van der Waals surface area contributed by atoms with E-state index in [4.69, 9.17) is 18.9 Å². The first-order valence-corrected chi connectivity index (χ1v) is 11.0. The molecule has 1 saturated carbocycles. The van der Waals surface area contributed by atoms with Gasteiger partial charge in [-0.05, 0) is 45.1 Å². The maximum atomic E-state index is 13.2. The Balaban J connectivity index is 1.94. The van der Waals surface area contributed by atoms with Crippen molar-refractivity contribution in [2.75, 3.05) is 7.11 Å². The third-order valence-electron chi connectivity index (χ3n) is 6.13. The van der Waals surface area contributed by atoms with Crippen molar-refractivity contribution in [1.82, 2.24) is 0 Å². The molecule has 0 N–H and O–H groups in total. The Morgan fingerprint density at radius 3 is 2.57 bits per heavy atom. The van der Waals surface area contributed by atoms with Gasteiger partial charge in [-0.15, -0.1) is 0 Å². The van der Waals surface area contributed by atoms with Crippen molar-refractivity contribution >= 4 is 5.97 Å². The van der Waals surface area contributed by atoms with Crippen LogP contribution in [-0.2, 0) is 30.3 Å². The van der Waals surface area contributed by atoms with Crippen molar-refractivity contribution in [3.8, 4) is 0 Å². The molecule has 1 saturated heterocycles. The van der Waals surface area contributed by atoms with Crippen LogP contribution in [0.5, 0.6) is 0 Å². The van der Waals surface area contributed by atoms with E-state index in [0.717, 1.165) is 24.0 Å². The number of carbonyl (C=O) groups is 1. The summed E-state index contributed by atoms with van der Waals surface area (Å²) in [4.78, 5) is 13.2. The van der Waals surface area contributed by atoms with Crippen LogP contribution in [0, 0.1) is 11.8 Å². The van der Waals surface area contributed by atoms with Gasteiger partial charge in [0.15, 0.2) is 11.4 Å². The predicted molar refractivity (Wildman–Crippen MR) is 116 cm³/mol. The van der Waals surface area contributed by atoms with E-state index in [1.807, 2.05) is 44.2 Å². The van der Waals surface area contributed by atoms with E-state index in [0.29, 0.717) is 18.9 Å². The van der Waals surface area contributed by atoms with Crippen molar-refractivity contribution in [2.45, 2.75) is 84.1 Å². The van der Waals surface area contributed by atoms with Crippen LogP contribution in [-0.4, -0.2) is 36.7 Å². The van der Waals surface area contributed by atoms with Crippen LogP contribution >= 0.6 is 0 Å². The fourth-order valence-electron chi connectivity index (χ4n) is 4.77. The summed E-state index contributed by atoms with van der Waals surface area (Å²) in [6.45, 7) is 10.7. The quantitative estimate of drug-likeness (QED) is 0.439. The summed E-state index contributed by atoms with van der Waals surface area (Å²) < 4.78 is 24.1. The minimum atomic E-state index is -1.13. The van der Waals surface area contributed by atoms with Gasteiger partial charge >= 0.3 is 5.97 Å². The molecule has 0 radical (unpaired) electrons. The molecule has 5 nitrogen and oxygen atoms in total. The highest BCUT2D eigenvalue weighted by molar-refractivity contribution is 5.81. The largest absolute Gasteiger partial charge is 0.467 e. The lowest BCUT2D eigenvalue weighted by Gasteiger charge is -2.36. The fourth-order valence-corrected chi connectivity index (χ4v) is 4.77. The fraction of sp³-hybridized carbons (Fsp3) is 0.640. The molecule has 2 fully saturated rings. The van der Waals surface area contributed by atoms with Gasteiger partial charge in [0, 0.05) is 12.3 Å². The lowest BCUT2D eigenvalue weighted by atomic mass is 9.82. The summed E-state index contributed by atoms with van der Waals surface area (Å²) >= 11 is 0. The molecule has 0 unspecified atom stereocenters. The lowest BCUT2D eigenvalue weighted by Crippen LogP contribution is -2.49. The number of hydrogen-bond donors (Lipinski definition) is 0. The third kappa shape index (κ3) is 4.79. The minimum absolute atomic E-state index is 0.215. The standard InChI is InChI=1S/C25H36O5/c1-17(2)11-10-12-18(3)21-22-20(29-24(4,5)30-22)15-25(21,23(26)27-6)28-16-19-13-8-7-9-14-19/h7-9,12-14,17,20-22H,10-11,15-16H2,1-6H3/b18-12+/t20-,21+,22-,25-/m1/s1. The summed E-state index contributed by atoms with van der Waals surface area (Å²) in [7, 11) is 1.42. The van der Waals surface area contributed by atoms with Crippen LogP contribution < -0.4 is 0 Å². The summed E-state index contributed by atoms with van der Waals surface area (Å²) in [5.41, 5.74) is 0.984. The zero-order chi connectivity index (χ0) is 21.9. The third-order valence-corrected chi connectivity index (χ3v) is 6.13. The van der Waals surface area contributed by atoms with Crippen molar-refractivity contribution in [3.05, 3.63) is 47.5 Å². The summed E-state index contributed by atoms with van der Waals surface area (Å²) in [6, 6.07) is 9.90. The second-order valence-corrected chi connectivity index (χ2v) is 9.40. The second-order valence-electron chi connectivity index (χ2n) is 9.40. The molecule has 166 valence electrons. The Kier molecular flexibility index (Phi) is 7.05. The summed E-state index contributed by atoms with van der Waals surface area (Å²) in [6.07, 6.45) is 4.24. The van der Waals surface area contributed by atoms with Gasteiger partial charge < -0.3 is 18.9 Å². The lowest BCUT2D eigenvalue weighted by molar-refractivity contribution is -0.201. The van der Waals surface area contributed by atoms with Gasteiger partial charge in [0.2, 0.25) is 0 Å². The SMILES string of the molecule is COC(=O)[C@@]1(OCc2ccccc2)C[C@H]2OC(C)(C)O[C@H]2[C@@H]1/C(C)=C/CCC(C)C. The van der Waals surface area contributed by atoms with Crippen LogP contribution in [0.2, 0.25) is 0 Å². The van der Waals surface area contributed by atoms with Gasteiger partial charge in [0.1, 0.15) is 0 Å². The van der Waals surface area contributed by atoms with Gasteiger partial charge in [0.25, 0.3) is 0 Å². The van der Waals surface area contributed by atoms with Gasteiger partial charge in [-0.2, -0.15) is 0 Å². The molecular weight excluding hydrogens is 380 g/mol. The van der Waals surface area contributed by atoms with Crippen LogP contribution in [0.25, 0.3) is 0 Å². The first-order chi connectivity index (χ1) is 14.2. The van der Waals surface area contributed by atoms with E-state index in [2.05, 4.69) is 26.8 Å². The number of allylic oxidation sites excluding steroid dienone is 1. The Morgan fingerprint density at radius 1 is 1.23 bits per heavy atom. The molecule has 30 heavy (non-hydrogen) atoms. The van der Waals surface area contributed by atoms with Crippen LogP contribution in [0.15, 0.2) is 42.0 Å². The summed E-state index contributed by atoms with van der Waals surface area (Å²) in [5.74, 6) is -0.671. The van der Waals surface area contributed by atoms with Crippen molar-refractivity contribution < 1.29 is 23.7 Å². The smallest absolute Gasteiger partial charge is 0.338 e. The van der Waals surface area contributed by atoms with E-state index >= 15 is 0 Å². The molecule has 3 rings (SSSR count). The van der Waals surface area contributed by atoms with E-state index in [-0.39, 0.29) is 24.1 Å². The Morgan fingerprint density at radius 2 is 1.93 bits per heavy atom. The minimum Gasteiger partial charge on any atom is -0.467 e. The number of fused-ring (bicyclic) bond motifs is 1. The average Bonchev–Trinajstić information content (AvgIpc) is 3.15. The number of methoxy groups -OCH3 is 1. The highest BCUT2D eigenvalue weighted by atomic mass is 16.8. The average molecular weight is 417 g/mol. The number of carbonyl (C=O) groups excluding carboxylic acids is 1. The van der Waals surface area contributed by atoms with Crippen LogP contribution in [0.3, 0.4) is 0 Å². The molecule has 1 aromatic rings. The maximum absolute atomic E-state index is 13.2. The summed E-state index contributed by atoms with van der Waals surface area (Å²) in [5, 5.41) is 0. The molecular formula is C25H36O5. The molecule has 2 aliphatic rings. The molecule has 1 aromatic carbocycles. The predicted octanol–water partition coefficient (Wildman–Crippen LogP) is 5.04. The first-order valence-electron chi connectivity index (χ1n) is 11.0. The number of ether oxygens (including phenoxy) is 4. The molecule has 0 amide bonds. The number of rotatable bonds is 8. The van der Waals surface area contributed by atoms with Gasteiger partial charge in [0.05, 0.1) is 25.9 Å². The highest BCUT2D eigenvalue weighted by Crippen LogP contribution is 2.52. The highest BCUT2D eigenvalue weighted by Gasteiger charge is 2.65. The molecule has 1 aliphatic heterocycles. The maximum Gasteiger partial charge on any atom is 0.338 e. The second kappa shape index (κ2) is 9.21. The van der Waals surface area contributed by atoms with Gasteiger partial charge in [-0.1, -0.05) is 55.8 Å². The molecule has 5 heteroatoms.